The fraction of sp³-hybridized carbons (Fsp3) is 0.438. The average molecular weight is 368 g/mol. The van der Waals surface area contributed by atoms with E-state index < -0.39 is 0 Å². The van der Waals surface area contributed by atoms with E-state index in [1.165, 1.54) is 0 Å². The number of para-hydroxylation sites is 1. The number of carbonyl (C=O) groups is 1. The lowest BCUT2D eigenvalue weighted by Gasteiger charge is -2.16. The number of nitrogens with one attached hydrogen (secondary N) is 1. The van der Waals surface area contributed by atoms with E-state index in [-0.39, 0.29) is 18.3 Å². The Morgan fingerprint density at radius 2 is 2.04 bits per heavy atom. The number of anilines is 1. The van der Waals surface area contributed by atoms with E-state index in [0.29, 0.717) is 18.9 Å². The molecule has 0 saturated carbocycles. The van der Waals surface area contributed by atoms with E-state index in [1.807, 2.05) is 53.9 Å². The standard InChI is InChI=1S/C16H21N5OS.ClH/c1-17-9-14-18-19-16(20(14)2)23-11-12-8-15(22)21(10-12)13-6-4-3-5-7-13;/h3-7,12,17H,8-11H2,1-2H3;1H. The molecule has 1 N–H and O–H groups in total. The summed E-state index contributed by atoms with van der Waals surface area (Å²) >= 11 is 1.67. The molecule has 1 aliphatic rings. The number of aromatic nitrogens is 3. The minimum absolute atomic E-state index is 0. The molecular weight excluding hydrogens is 346 g/mol. The van der Waals surface area contributed by atoms with Gasteiger partial charge in [0.25, 0.3) is 0 Å². The van der Waals surface area contributed by atoms with Gasteiger partial charge < -0.3 is 14.8 Å². The van der Waals surface area contributed by atoms with Crippen LogP contribution in [-0.4, -0.2) is 40.0 Å². The molecule has 8 heteroatoms. The van der Waals surface area contributed by atoms with Gasteiger partial charge in [-0.2, -0.15) is 0 Å². The Labute approximate surface area is 152 Å². The number of rotatable bonds is 6. The molecule has 1 amide bonds. The van der Waals surface area contributed by atoms with Gasteiger partial charge in [-0.1, -0.05) is 30.0 Å². The molecule has 1 saturated heterocycles. The number of hydrogen-bond donors (Lipinski definition) is 1. The predicted molar refractivity (Wildman–Crippen MR) is 98.6 cm³/mol. The van der Waals surface area contributed by atoms with Crippen LogP contribution in [0.25, 0.3) is 0 Å². The van der Waals surface area contributed by atoms with Crippen molar-refractivity contribution in [3.63, 3.8) is 0 Å². The summed E-state index contributed by atoms with van der Waals surface area (Å²) in [6.45, 7) is 1.48. The molecular formula is C16H22ClN5OS. The number of carbonyl (C=O) groups excluding carboxylic acids is 1. The zero-order valence-electron chi connectivity index (χ0n) is 13.8. The SMILES string of the molecule is CNCc1nnc(SCC2CC(=O)N(c3ccccc3)C2)n1C.Cl. The molecule has 1 aliphatic heterocycles. The minimum Gasteiger partial charge on any atom is -0.313 e. The van der Waals surface area contributed by atoms with Crippen LogP contribution in [0.15, 0.2) is 35.5 Å². The first-order valence-electron chi connectivity index (χ1n) is 7.70. The van der Waals surface area contributed by atoms with Gasteiger partial charge in [0.2, 0.25) is 5.91 Å². The first-order valence-corrected chi connectivity index (χ1v) is 8.68. The Kier molecular flexibility index (Phi) is 6.65. The van der Waals surface area contributed by atoms with Crippen molar-refractivity contribution in [3.8, 4) is 0 Å². The first kappa shape index (κ1) is 18.8. The van der Waals surface area contributed by atoms with Gasteiger partial charge in [0.05, 0.1) is 6.54 Å². The Balaban J connectivity index is 0.00000208. The molecule has 1 unspecified atom stereocenters. The average Bonchev–Trinajstić information content (AvgIpc) is 3.10. The maximum Gasteiger partial charge on any atom is 0.227 e. The molecule has 1 aromatic heterocycles. The predicted octanol–water partition coefficient (Wildman–Crippen LogP) is 2.10. The van der Waals surface area contributed by atoms with Gasteiger partial charge in [-0.05, 0) is 25.1 Å². The van der Waals surface area contributed by atoms with Crippen LogP contribution in [0.3, 0.4) is 0 Å². The third-order valence-electron chi connectivity index (χ3n) is 3.98. The number of benzene rings is 1. The van der Waals surface area contributed by atoms with Gasteiger partial charge in [-0.15, -0.1) is 22.6 Å². The van der Waals surface area contributed by atoms with Gasteiger partial charge in [-0.25, -0.2) is 0 Å². The smallest absolute Gasteiger partial charge is 0.227 e. The van der Waals surface area contributed by atoms with E-state index in [0.717, 1.165) is 29.0 Å². The summed E-state index contributed by atoms with van der Waals surface area (Å²) in [5.74, 6) is 2.34. The second kappa shape index (κ2) is 8.50. The zero-order chi connectivity index (χ0) is 16.2. The largest absolute Gasteiger partial charge is 0.313 e. The van der Waals surface area contributed by atoms with Crippen LogP contribution in [0.1, 0.15) is 12.2 Å². The second-order valence-electron chi connectivity index (χ2n) is 5.71. The summed E-state index contributed by atoms with van der Waals surface area (Å²) in [5, 5.41) is 12.4. The summed E-state index contributed by atoms with van der Waals surface area (Å²) in [4.78, 5) is 14.1. The summed E-state index contributed by atoms with van der Waals surface area (Å²) in [7, 11) is 3.87. The zero-order valence-corrected chi connectivity index (χ0v) is 15.4. The number of hydrogen-bond acceptors (Lipinski definition) is 5. The maximum absolute atomic E-state index is 12.2. The van der Waals surface area contributed by atoms with Crippen molar-refractivity contribution in [2.75, 3.05) is 24.2 Å². The van der Waals surface area contributed by atoms with E-state index in [2.05, 4.69) is 15.5 Å². The topological polar surface area (TPSA) is 63.1 Å². The van der Waals surface area contributed by atoms with Crippen molar-refractivity contribution in [1.29, 1.82) is 0 Å². The highest BCUT2D eigenvalue weighted by Crippen LogP contribution is 2.29. The van der Waals surface area contributed by atoms with Crippen molar-refractivity contribution in [1.82, 2.24) is 20.1 Å². The highest BCUT2D eigenvalue weighted by atomic mass is 35.5. The molecule has 1 fully saturated rings. The highest BCUT2D eigenvalue weighted by Gasteiger charge is 2.30. The van der Waals surface area contributed by atoms with Crippen LogP contribution in [0.2, 0.25) is 0 Å². The first-order chi connectivity index (χ1) is 11.2. The molecule has 0 bridgehead atoms. The molecule has 0 spiro atoms. The molecule has 0 radical (unpaired) electrons. The Bertz CT molecular complexity index is 678. The van der Waals surface area contributed by atoms with Gasteiger partial charge >= 0.3 is 0 Å². The third-order valence-corrected chi connectivity index (χ3v) is 5.23. The van der Waals surface area contributed by atoms with Gasteiger partial charge in [-0.3, -0.25) is 4.79 Å². The molecule has 2 heterocycles. The van der Waals surface area contributed by atoms with Crippen LogP contribution in [0, 0.1) is 5.92 Å². The van der Waals surface area contributed by atoms with E-state index in [1.54, 1.807) is 11.8 Å². The monoisotopic (exact) mass is 367 g/mol. The maximum atomic E-state index is 12.2. The van der Waals surface area contributed by atoms with E-state index >= 15 is 0 Å². The van der Waals surface area contributed by atoms with Crippen LogP contribution < -0.4 is 10.2 Å². The minimum atomic E-state index is 0. The summed E-state index contributed by atoms with van der Waals surface area (Å²) in [5.41, 5.74) is 0.986. The lowest BCUT2D eigenvalue weighted by atomic mass is 10.1. The lowest BCUT2D eigenvalue weighted by molar-refractivity contribution is -0.117. The molecule has 130 valence electrons. The van der Waals surface area contributed by atoms with Crippen LogP contribution in [0.5, 0.6) is 0 Å². The van der Waals surface area contributed by atoms with Crippen LogP contribution in [-0.2, 0) is 18.4 Å². The molecule has 2 aromatic rings. The summed E-state index contributed by atoms with van der Waals surface area (Å²) < 4.78 is 2.01. The summed E-state index contributed by atoms with van der Waals surface area (Å²) in [6, 6.07) is 9.87. The van der Waals surface area contributed by atoms with Crippen LogP contribution >= 0.6 is 24.2 Å². The molecule has 24 heavy (non-hydrogen) atoms. The molecule has 3 rings (SSSR count). The third kappa shape index (κ3) is 4.09. The fourth-order valence-corrected chi connectivity index (χ4v) is 3.73. The number of thioether (sulfide) groups is 1. The van der Waals surface area contributed by atoms with Gasteiger partial charge in [0, 0.05) is 31.5 Å². The van der Waals surface area contributed by atoms with E-state index in [4.69, 9.17) is 0 Å². The van der Waals surface area contributed by atoms with Crippen LogP contribution in [0.4, 0.5) is 5.69 Å². The fourth-order valence-electron chi connectivity index (χ4n) is 2.73. The number of amides is 1. The van der Waals surface area contributed by atoms with Crippen molar-refractivity contribution in [2.24, 2.45) is 13.0 Å². The molecule has 1 atom stereocenters. The Hall–Kier alpha value is -1.57. The van der Waals surface area contributed by atoms with Gasteiger partial charge in [0.1, 0.15) is 5.82 Å². The Morgan fingerprint density at radius 3 is 2.75 bits per heavy atom. The van der Waals surface area contributed by atoms with E-state index in [9.17, 15) is 4.79 Å². The molecule has 0 aliphatic carbocycles. The lowest BCUT2D eigenvalue weighted by Crippen LogP contribution is -2.24. The van der Waals surface area contributed by atoms with Gasteiger partial charge in [0.15, 0.2) is 5.16 Å². The second-order valence-corrected chi connectivity index (χ2v) is 6.70. The Morgan fingerprint density at radius 1 is 1.29 bits per heavy atom. The number of halogens is 1. The van der Waals surface area contributed by atoms with Crippen molar-refractivity contribution >= 4 is 35.8 Å². The normalized spacial score (nSPS) is 17.2. The number of nitrogens with zero attached hydrogens (tertiary/aromatic N) is 4. The van der Waals surface area contributed by atoms with Crippen molar-refractivity contribution < 1.29 is 4.79 Å². The quantitative estimate of drug-likeness (QED) is 0.792. The van der Waals surface area contributed by atoms with Crippen molar-refractivity contribution in [3.05, 3.63) is 36.2 Å². The van der Waals surface area contributed by atoms with Crippen molar-refractivity contribution in [2.45, 2.75) is 18.1 Å². The molecule has 1 aromatic carbocycles. The summed E-state index contributed by atoms with van der Waals surface area (Å²) in [6.07, 6.45) is 0.600. The highest BCUT2D eigenvalue weighted by molar-refractivity contribution is 7.99. The molecule has 6 nitrogen and oxygen atoms in total.